The van der Waals surface area contributed by atoms with E-state index in [0.29, 0.717) is 37.6 Å². The number of benzene rings is 2. The largest absolute Gasteiger partial charge is 0.416 e. The van der Waals surface area contributed by atoms with Gasteiger partial charge in [0.25, 0.3) is 0 Å². The van der Waals surface area contributed by atoms with Gasteiger partial charge in [-0.3, -0.25) is 14.5 Å². The molecule has 1 aliphatic heterocycles. The molecule has 2 heterocycles. The molecule has 2 fully saturated rings. The van der Waals surface area contributed by atoms with Crippen LogP contribution >= 0.6 is 0 Å². The number of aromatic nitrogens is 1. The monoisotopic (exact) mass is 646 g/mol. The topological polar surface area (TPSA) is 83.6 Å². The van der Waals surface area contributed by atoms with Gasteiger partial charge < -0.3 is 9.63 Å². The van der Waals surface area contributed by atoms with Crippen LogP contribution in [0.1, 0.15) is 92.9 Å². The molecule has 1 N–H and O–H groups in total. The molecule has 0 bridgehead atoms. The average Bonchev–Trinajstić information content (AvgIpc) is 3.41. The second-order valence-electron chi connectivity index (χ2n) is 14.2. The molecule has 0 radical (unpaired) electrons. The van der Waals surface area contributed by atoms with Crippen LogP contribution in [-0.4, -0.2) is 51.5 Å². The minimum absolute atomic E-state index is 0.0203. The lowest BCUT2D eigenvalue weighted by Crippen LogP contribution is -2.62. The van der Waals surface area contributed by atoms with E-state index in [4.69, 9.17) is 4.52 Å². The normalized spacial score (nSPS) is 22.0. The maximum Gasteiger partial charge on any atom is 0.416 e. The number of aryl methyl sites for hydroxylation is 1. The second-order valence-corrected chi connectivity index (χ2v) is 14.2. The fourth-order valence-corrected chi connectivity index (χ4v) is 7.03. The predicted octanol–water partition coefficient (Wildman–Crippen LogP) is 7.84. The molecule has 5 rings (SSSR count). The van der Waals surface area contributed by atoms with Crippen molar-refractivity contribution in [1.29, 1.82) is 0 Å². The summed E-state index contributed by atoms with van der Waals surface area (Å²) in [6, 6.07) is 8.60. The van der Waals surface area contributed by atoms with E-state index in [1.165, 1.54) is 25.1 Å². The van der Waals surface area contributed by atoms with Crippen molar-refractivity contribution in [3.63, 3.8) is 0 Å². The zero-order valence-corrected chi connectivity index (χ0v) is 26.4. The fourth-order valence-electron chi connectivity index (χ4n) is 7.03. The molecule has 1 aromatic heterocycles. The third-order valence-electron chi connectivity index (χ3n) is 9.69. The quantitative estimate of drug-likeness (QED) is 0.179. The highest BCUT2D eigenvalue weighted by Crippen LogP contribution is 2.45. The molecule has 46 heavy (non-hydrogen) atoms. The van der Waals surface area contributed by atoms with Crippen LogP contribution in [0.25, 0.3) is 11.3 Å². The number of halogens is 5. The van der Waals surface area contributed by atoms with Crippen molar-refractivity contribution in [3.8, 4) is 11.3 Å². The molecule has 2 aliphatic rings. The highest BCUT2D eigenvalue weighted by atomic mass is 19.4. The van der Waals surface area contributed by atoms with Crippen molar-refractivity contribution in [1.82, 2.24) is 10.1 Å². The molecule has 0 atom stereocenters. The Labute approximate surface area is 265 Å². The van der Waals surface area contributed by atoms with Crippen LogP contribution in [-0.2, 0) is 16.4 Å². The SMILES string of the molecule is Cc1ccc(C(C)(C)CC(=O)CC2(CC(=O)c3cc(-c4ccc(F)cc4F)on3)CN(C3CCC(C)(O)CC3)C2)cc1C(F)(F)F. The van der Waals surface area contributed by atoms with Crippen LogP contribution in [0, 0.1) is 24.0 Å². The molecule has 0 spiro atoms. The summed E-state index contributed by atoms with van der Waals surface area (Å²) in [6.07, 6.45) is -1.69. The third-order valence-corrected chi connectivity index (χ3v) is 9.69. The molecule has 0 amide bonds. The average molecular weight is 647 g/mol. The number of rotatable bonds is 10. The number of hydrogen-bond donors (Lipinski definition) is 1. The van der Waals surface area contributed by atoms with Crippen LogP contribution < -0.4 is 0 Å². The Kier molecular flexibility index (Phi) is 9.07. The molecule has 11 heteroatoms. The Morgan fingerprint density at radius 2 is 1.70 bits per heavy atom. The van der Waals surface area contributed by atoms with Crippen LogP contribution in [0.4, 0.5) is 22.0 Å². The summed E-state index contributed by atoms with van der Waals surface area (Å²) in [5.74, 6) is -2.23. The van der Waals surface area contributed by atoms with Crippen molar-refractivity contribution in [2.24, 2.45) is 5.41 Å². The van der Waals surface area contributed by atoms with Gasteiger partial charge in [-0.25, -0.2) is 8.78 Å². The van der Waals surface area contributed by atoms with Crippen LogP contribution in [0.15, 0.2) is 47.0 Å². The van der Waals surface area contributed by atoms with Gasteiger partial charge in [0.2, 0.25) is 0 Å². The molecular formula is C35H39F5N2O4. The van der Waals surface area contributed by atoms with E-state index in [1.807, 2.05) is 6.92 Å². The molecule has 248 valence electrons. The maximum absolute atomic E-state index is 14.3. The van der Waals surface area contributed by atoms with E-state index >= 15 is 0 Å². The number of aliphatic hydroxyl groups is 1. The van der Waals surface area contributed by atoms with Crippen molar-refractivity contribution >= 4 is 11.6 Å². The van der Waals surface area contributed by atoms with Gasteiger partial charge >= 0.3 is 6.18 Å². The van der Waals surface area contributed by atoms with Crippen molar-refractivity contribution in [2.75, 3.05) is 13.1 Å². The number of nitrogens with zero attached hydrogens (tertiary/aromatic N) is 2. The first-order valence-electron chi connectivity index (χ1n) is 15.5. The van der Waals surface area contributed by atoms with Gasteiger partial charge in [0.05, 0.1) is 16.7 Å². The Morgan fingerprint density at radius 1 is 1.02 bits per heavy atom. The van der Waals surface area contributed by atoms with Gasteiger partial charge in [-0.2, -0.15) is 13.2 Å². The first-order valence-corrected chi connectivity index (χ1v) is 15.5. The Bertz CT molecular complexity index is 1610. The van der Waals surface area contributed by atoms with E-state index in [1.54, 1.807) is 19.9 Å². The lowest BCUT2D eigenvalue weighted by Gasteiger charge is -2.55. The van der Waals surface area contributed by atoms with Gasteiger partial charge in [0.15, 0.2) is 11.5 Å². The summed E-state index contributed by atoms with van der Waals surface area (Å²) < 4.78 is 73.8. The van der Waals surface area contributed by atoms with E-state index < -0.39 is 45.6 Å². The Morgan fingerprint density at radius 3 is 2.33 bits per heavy atom. The summed E-state index contributed by atoms with van der Waals surface area (Å²) in [5.41, 5.74) is -2.67. The highest BCUT2D eigenvalue weighted by Gasteiger charge is 2.49. The first kappa shape index (κ1) is 33.9. The van der Waals surface area contributed by atoms with Crippen LogP contribution in [0.2, 0.25) is 0 Å². The lowest BCUT2D eigenvalue weighted by atomic mass is 9.68. The number of likely N-dealkylation sites (tertiary alicyclic amines) is 1. The third kappa shape index (κ3) is 7.41. The first-order chi connectivity index (χ1) is 21.4. The van der Waals surface area contributed by atoms with Crippen molar-refractivity contribution < 1.29 is 41.2 Å². The minimum Gasteiger partial charge on any atom is -0.390 e. The number of alkyl halides is 3. The van der Waals surface area contributed by atoms with Crippen LogP contribution in [0.3, 0.4) is 0 Å². The van der Waals surface area contributed by atoms with E-state index in [-0.39, 0.29) is 53.7 Å². The molecule has 0 unspecified atom stereocenters. The van der Waals surface area contributed by atoms with Gasteiger partial charge in [-0.15, -0.1) is 0 Å². The van der Waals surface area contributed by atoms with Gasteiger partial charge in [-0.05, 0) is 74.3 Å². The number of carbonyl (C=O) groups is 2. The summed E-state index contributed by atoms with van der Waals surface area (Å²) in [6.45, 7) is 7.60. The summed E-state index contributed by atoms with van der Waals surface area (Å²) in [5, 5.41) is 14.2. The molecule has 1 aliphatic carbocycles. The van der Waals surface area contributed by atoms with E-state index in [2.05, 4.69) is 10.1 Å². The minimum atomic E-state index is -4.52. The number of Topliss-reactive ketones (excluding diaryl/α,β-unsaturated/α-hetero) is 2. The summed E-state index contributed by atoms with van der Waals surface area (Å²) >= 11 is 0. The molecule has 1 saturated heterocycles. The van der Waals surface area contributed by atoms with Gasteiger partial charge in [0.1, 0.15) is 23.1 Å². The van der Waals surface area contributed by atoms with Crippen molar-refractivity contribution in [3.05, 3.63) is 76.5 Å². The summed E-state index contributed by atoms with van der Waals surface area (Å²) in [4.78, 5) is 29.4. The fraction of sp³-hybridized carbons (Fsp3) is 0.514. The highest BCUT2D eigenvalue weighted by molar-refractivity contribution is 5.96. The standard InChI is InChI=1S/C35H39F5N2O4/c1-21-5-6-22(13-27(21)35(38,39)40)32(2,3)16-25(43)17-34(19-42(20-34)24-9-11-33(4,45)12-10-24)18-30(44)29-15-31(46-41-29)26-8-7-23(36)14-28(26)37/h5-8,13-15,24,45H,9-12,16-20H2,1-4H3. The number of hydrogen-bond acceptors (Lipinski definition) is 6. The zero-order chi connectivity index (χ0) is 33.7. The molecule has 1 saturated carbocycles. The number of ketones is 2. The lowest BCUT2D eigenvalue weighted by molar-refractivity contribution is -0.138. The van der Waals surface area contributed by atoms with Gasteiger partial charge in [0, 0.05) is 55.9 Å². The maximum atomic E-state index is 14.3. The molecule has 3 aromatic rings. The second kappa shape index (κ2) is 12.3. The van der Waals surface area contributed by atoms with E-state index in [0.717, 1.165) is 25.0 Å². The predicted molar refractivity (Wildman–Crippen MR) is 161 cm³/mol. The number of carbonyl (C=O) groups excluding carboxylic acids is 2. The zero-order valence-electron chi connectivity index (χ0n) is 26.4. The van der Waals surface area contributed by atoms with Crippen molar-refractivity contribution in [2.45, 2.75) is 95.9 Å². The molecule has 6 nitrogen and oxygen atoms in total. The molecular weight excluding hydrogens is 607 g/mol. The van der Waals surface area contributed by atoms with Gasteiger partial charge in [-0.1, -0.05) is 31.1 Å². The Hall–Kier alpha value is -3.44. The van der Waals surface area contributed by atoms with E-state index in [9.17, 15) is 36.6 Å². The summed E-state index contributed by atoms with van der Waals surface area (Å²) in [7, 11) is 0. The smallest absolute Gasteiger partial charge is 0.390 e. The van der Waals surface area contributed by atoms with Crippen LogP contribution in [0.5, 0.6) is 0 Å². The Balaban J connectivity index is 1.33. The molecule has 2 aromatic carbocycles.